The number of hydrogen-bond acceptors (Lipinski definition) is 9. The number of rotatable bonds is 8. The minimum atomic E-state index is -0.187. The van der Waals surface area contributed by atoms with E-state index in [1.807, 2.05) is 7.05 Å². The normalized spacial score (nSPS) is 26.2. The van der Waals surface area contributed by atoms with Crippen LogP contribution in [-0.2, 0) is 22.5 Å². The molecule has 2 saturated heterocycles. The van der Waals surface area contributed by atoms with Crippen molar-refractivity contribution in [1.82, 2.24) is 20.2 Å². The number of nitrogens with one attached hydrogen (secondary N) is 2. The maximum atomic E-state index is 13.2. The van der Waals surface area contributed by atoms with E-state index in [2.05, 4.69) is 44.5 Å². The number of hydrogen-bond donors (Lipinski definition) is 2. The van der Waals surface area contributed by atoms with E-state index < -0.39 is 0 Å². The molecule has 10 nitrogen and oxygen atoms in total. The van der Waals surface area contributed by atoms with Crippen LogP contribution in [0.1, 0.15) is 63.0 Å². The SMILES string of the molecule is CC[C@@H]1C(=O)N(C)c2cnc(Nc3ccc(CNC[C@@H]4CN5CCC[C@@H]5CO4)c4c3OCC4)nc2N1C1CCCC1. The fourth-order valence-corrected chi connectivity index (χ4v) is 7.57. The average molecular weight is 562 g/mol. The van der Waals surface area contributed by atoms with Crippen molar-refractivity contribution in [2.24, 2.45) is 0 Å². The molecule has 1 amide bonds. The van der Waals surface area contributed by atoms with Gasteiger partial charge in [0.1, 0.15) is 17.5 Å². The van der Waals surface area contributed by atoms with Crippen LogP contribution in [0.25, 0.3) is 0 Å². The molecule has 5 heterocycles. The number of amides is 1. The molecule has 0 unspecified atom stereocenters. The summed E-state index contributed by atoms with van der Waals surface area (Å²) in [5.41, 5.74) is 4.18. The van der Waals surface area contributed by atoms with E-state index in [0.717, 1.165) is 74.9 Å². The van der Waals surface area contributed by atoms with Crippen molar-refractivity contribution in [2.45, 2.75) is 89.1 Å². The number of morpholine rings is 1. The fourth-order valence-electron chi connectivity index (χ4n) is 7.57. The fraction of sp³-hybridized carbons (Fsp3) is 0.645. The molecule has 2 aromatic rings. The van der Waals surface area contributed by atoms with E-state index >= 15 is 0 Å². The number of ether oxygens (including phenoxy) is 2. The molecule has 2 N–H and O–H groups in total. The number of carbonyl (C=O) groups excluding carboxylic acids is 1. The summed E-state index contributed by atoms with van der Waals surface area (Å²) in [6.07, 6.45) is 10.9. The van der Waals surface area contributed by atoms with Crippen molar-refractivity contribution < 1.29 is 14.3 Å². The largest absolute Gasteiger partial charge is 0.491 e. The lowest BCUT2D eigenvalue weighted by atomic mass is 10.0. The summed E-state index contributed by atoms with van der Waals surface area (Å²) in [6, 6.07) is 5.05. The topological polar surface area (TPSA) is 95.1 Å². The predicted octanol–water partition coefficient (Wildman–Crippen LogP) is 3.61. The second-order valence-electron chi connectivity index (χ2n) is 12.2. The van der Waals surface area contributed by atoms with Crippen LogP contribution >= 0.6 is 0 Å². The van der Waals surface area contributed by atoms with Gasteiger partial charge >= 0.3 is 0 Å². The maximum Gasteiger partial charge on any atom is 0.249 e. The van der Waals surface area contributed by atoms with Gasteiger partial charge in [-0.05, 0) is 50.3 Å². The summed E-state index contributed by atoms with van der Waals surface area (Å²) in [5.74, 6) is 2.40. The lowest BCUT2D eigenvalue weighted by Gasteiger charge is -2.43. The molecular weight excluding hydrogens is 518 g/mol. The highest BCUT2D eigenvalue weighted by molar-refractivity contribution is 6.04. The first-order valence-electron chi connectivity index (χ1n) is 15.6. The molecule has 1 saturated carbocycles. The van der Waals surface area contributed by atoms with Crippen molar-refractivity contribution in [3.8, 4) is 5.75 Å². The maximum absolute atomic E-state index is 13.2. The van der Waals surface area contributed by atoms with Crippen LogP contribution in [-0.4, -0.2) is 84.9 Å². The highest BCUT2D eigenvalue weighted by Crippen LogP contribution is 2.41. The Morgan fingerprint density at radius 3 is 2.83 bits per heavy atom. The van der Waals surface area contributed by atoms with Gasteiger partial charge in [-0.2, -0.15) is 4.98 Å². The van der Waals surface area contributed by atoms with Crippen molar-refractivity contribution in [3.05, 3.63) is 29.5 Å². The van der Waals surface area contributed by atoms with Gasteiger partial charge in [0.25, 0.3) is 0 Å². The van der Waals surface area contributed by atoms with Crippen LogP contribution in [0.3, 0.4) is 0 Å². The van der Waals surface area contributed by atoms with Crippen LogP contribution in [0.15, 0.2) is 18.3 Å². The second kappa shape index (κ2) is 11.4. The Bertz CT molecular complexity index is 1280. The van der Waals surface area contributed by atoms with Gasteiger partial charge < -0.3 is 29.9 Å². The van der Waals surface area contributed by atoms with Crippen molar-refractivity contribution >= 4 is 29.0 Å². The minimum Gasteiger partial charge on any atom is -0.491 e. The zero-order valence-electron chi connectivity index (χ0n) is 24.4. The Kier molecular flexibility index (Phi) is 7.47. The molecule has 4 aliphatic heterocycles. The van der Waals surface area contributed by atoms with Crippen molar-refractivity contribution in [3.63, 3.8) is 0 Å². The van der Waals surface area contributed by atoms with Crippen LogP contribution < -0.4 is 25.2 Å². The Morgan fingerprint density at radius 1 is 1.12 bits per heavy atom. The molecular formula is C31H43N7O3. The van der Waals surface area contributed by atoms with Crippen molar-refractivity contribution in [2.75, 3.05) is 55.0 Å². The number of aromatic nitrogens is 2. The van der Waals surface area contributed by atoms with Gasteiger partial charge in [-0.25, -0.2) is 4.98 Å². The summed E-state index contributed by atoms with van der Waals surface area (Å²) in [7, 11) is 1.84. The first kappa shape index (κ1) is 26.9. The van der Waals surface area contributed by atoms with Gasteiger partial charge in [0, 0.05) is 50.7 Å². The molecule has 10 heteroatoms. The van der Waals surface area contributed by atoms with Gasteiger partial charge in [-0.3, -0.25) is 9.69 Å². The quantitative estimate of drug-likeness (QED) is 0.501. The zero-order chi connectivity index (χ0) is 27.9. The van der Waals surface area contributed by atoms with Crippen molar-refractivity contribution in [1.29, 1.82) is 0 Å². The third kappa shape index (κ3) is 5.04. The van der Waals surface area contributed by atoms with Crippen LogP contribution in [0, 0.1) is 0 Å². The summed E-state index contributed by atoms with van der Waals surface area (Å²) in [5, 5.41) is 7.10. The molecule has 3 fully saturated rings. The lowest BCUT2D eigenvalue weighted by Crippen LogP contribution is -2.55. The number of nitrogens with zero attached hydrogens (tertiary/aromatic N) is 5. The third-order valence-electron chi connectivity index (χ3n) is 9.76. The van der Waals surface area contributed by atoms with Crippen LogP contribution in [0.2, 0.25) is 0 Å². The van der Waals surface area contributed by atoms with Gasteiger partial charge in [-0.1, -0.05) is 25.8 Å². The molecule has 3 atom stereocenters. The van der Waals surface area contributed by atoms with Gasteiger partial charge in [-0.15, -0.1) is 0 Å². The molecule has 220 valence electrons. The number of benzene rings is 1. The van der Waals surface area contributed by atoms with Gasteiger partial charge in [0.05, 0.1) is 31.2 Å². The van der Waals surface area contributed by atoms with E-state index in [1.54, 1.807) is 11.1 Å². The molecule has 0 radical (unpaired) electrons. The zero-order valence-corrected chi connectivity index (χ0v) is 24.4. The lowest BCUT2D eigenvalue weighted by molar-refractivity contribution is -0.120. The Labute approximate surface area is 242 Å². The van der Waals surface area contributed by atoms with E-state index in [0.29, 0.717) is 24.6 Å². The van der Waals surface area contributed by atoms with Crippen LogP contribution in [0.4, 0.5) is 23.1 Å². The summed E-state index contributed by atoms with van der Waals surface area (Å²) >= 11 is 0. The Balaban J connectivity index is 1.07. The number of anilines is 4. The molecule has 1 aromatic carbocycles. The Hall–Kier alpha value is -2.95. The van der Waals surface area contributed by atoms with E-state index in [1.165, 1.54) is 43.4 Å². The standard InChI is InChI=1S/C31H43N7O3/c1-3-26-30(39)36(2)27-17-33-31(35-29(27)38(26)21-7-4-5-8-21)34-25-11-10-20(24-12-14-40-28(24)25)15-32-16-23-18-37-13-6-9-22(37)19-41-23/h10-11,17,21-23,26,32H,3-9,12-16,18-19H2,1-2H3,(H,33,34,35)/t22-,23-,26-/m1/s1. The molecule has 1 aromatic heterocycles. The number of fused-ring (bicyclic) bond motifs is 3. The predicted molar refractivity (Wildman–Crippen MR) is 159 cm³/mol. The molecule has 7 rings (SSSR count). The third-order valence-corrected chi connectivity index (χ3v) is 9.76. The molecule has 1 aliphatic carbocycles. The minimum absolute atomic E-state index is 0.127. The van der Waals surface area contributed by atoms with E-state index in [-0.39, 0.29) is 18.1 Å². The number of likely N-dealkylation sites (N-methyl/N-ethyl adjacent to an activating group) is 1. The van der Waals surface area contributed by atoms with Gasteiger partial charge in [0.2, 0.25) is 11.9 Å². The Morgan fingerprint density at radius 2 is 1.98 bits per heavy atom. The molecule has 5 aliphatic rings. The van der Waals surface area contributed by atoms with E-state index in [4.69, 9.17) is 14.5 Å². The second-order valence-corrected chi connectivity index (χ2v) is 12.2. The van der Waals surface area contributed by atoms with Gasteiger partial charge in [0.15, 0.2) is 5.82 Å². The van der Waals surface area contributed by atoms with E-state index in [9.17, 15) is 4.79 Å². The summed E-state index contributed by atoms with van der Waals surface area (Å²) in [4.78, 5) is 29.5. The molecule has 0 spiro atoms. The smallest absolute Gasteiger partial charge is 0.249 e. The first-order valence-corrected chi connectivity index (χ1v) is 15.6. The summed E-state index contributed by atoms with van der Waals surface area (Å²) < 4.78 is 12.3. The molecule has 0 bridgehead atoms. The summed E-state index contributed by atoms with van der Waals surface area (Å²) in [6.45, 7) is 7.52. The highest BCUT2D eigenvalue weighted by Gasteiger charge is 2.41. The molecule has 41 heavy (non-hydrogen) atoms. The number of carbonyl (C=O) groups is 1. The highest BCUT2D eigenvalue weighted by atomic mass is 16.5. The van der Waals surface area contributed by atoms with Crippen LogP contribution in [0.5, 0.6) is 5.75 Å². The monoisotopic (exact) mass is 561 g/mol. The first-order chi connectivity index (χ1) is 20.1. The average Bonchev–Trinajstić information content (AvgIpc) is 3.78.